The van der Waals surface area contributed by atoms with Crippen LogP contribution in [-0.4, -0.2) is 34.7 Å². The molecule has 0 aliphatic carbocycles. The summed E-state index contributed by atoms with van der Waals surface area (Å²) in [6.07, 6.45) is 3.09. The first kappa shape index (κ1) is 17.3. The minimum atomic E-state index is -0.365. The van der Waals surface area contributed by atoms with Gasteiger partial charge in [0.05, 0.1) is 11.1 Å². The first-order valence-corrected chi connectivity index (χ1v) is 9.06. The number of carbonyl (C=O) groups excluding carboxylic acids is 2. The molecular formula is C22H19FN2O2. The number of fused-ring (bicyclic) bond motifs is 1. The highest BCUT2D eigenvalue weighted by Gasteiger charge is 2.29. The number of likely N-dealkylation sites (tertiary alicyclic amines) is 1. The molecule has 1 unspecified atom stereocenters. The van der Waals surface area contributed by atoms with E-state index in [2.05, 4.69) is 4.98 Å². The van der Waals surface area contributed by atoms with Crippen LogP contribution in [0.15, 0.2) is 60.8 Å². The molecule has 3 aromatic rings. The predicted molar refractivity (Wildman–Crippen MR) is 101 cm³/mol. The fraction of sp³-hybridized carbons (Fsp3) is 0.227. The van der Waals surface area contributed by atoms with E-state index in [4.69, 9.17) is 0 Å². The molecular weight excluding hydrogens is 343 g/mol. The minimum absolute atomic E-state index is 0.0378. The van der Waals surface area contributed by atoms with Gasteiger partial charge in [-0.05, 0) is 49.2 Å². The van der Waals surface area contributed by atoms with Gasteiger partial charge in [0.1, 0.15) is 5.82 Å². The molecule has 136 valence electrons. The molecule has 1 aliphatic rings. The number of pyridine rings is 1. The number of carbonyl (C=O) groups is 2. The topological polar surface area (TPSA) is 50.3 Å². The van der Waals surface area contributed by atoms with Crippen molar-refractivity contribution >= 4 is 22.6 Å². The molecule has 0 radical (unpaired) electrons. The van der Waals surface area contributed by atoms with Gasteiger partial charge in [-0.3, -0.25) is 14.6 Å². The number of amides is 1. The van der Waals surface area contributed by atoms with E-state index in [-0.39, 0.29) is 23.4 Å². The molecule has 1 amide bonds. The maximum atomic E-state index is 13.1. The average Bonchev–Trinajstić information content (AvgIpc) is 2.73. The van der Waals surface area contributed by atoms with Crippen LogP contribution in [0.3, 0.4) is 0 Å². The monoisotopic (exact) mass is 362 g/mol. The number of para-hydroxylation sites is 1. The summed E-state index contributed by atoms with van der Waals surface area (Å²) in [5, 5.41) is 0.916. The van der Waals surface area contributed by atoms with E-state index in [1.165, 1.54) is 24.3 Å². The summed E-state index contributed by atoms with van der Waals surface area (Å²) in [5.74, 6) is -0.772. The second-order valence-electron chi connectivity index (χ2n) is 6.88. The molecule has 27 heavy (non-hydrogen) atoms. The van der Waals surface area contributed by atoms with Gasteiger partial charge in [-0.1, -0.05) is 18.2 Å². The van der Waals surface area contributed by atoms with Crippen LogP contribution in [0.1, 0.15) is 33.6 Å². The Kier molecular flexibility index (Phi) is 4.67. The molecule has 2 heterocycles. The molecule has 1 aliphatic heterocycles. The highest BCUT2D eigenvalue weighted by molar-refractivity contribution is 6.00. The second-order valence-corrected chi connectivity index (χ2v) is 6.88. The SMILES string of the molecule is O=C(c1ccc(F)cc1)C1CCCN(C(=O)c2cnc3ccccc3c2)C1. The third-order valence-corrected chi connectivity index (χ3v) is 5.05. The van der Waals surface area contributed by atoms with Crippen LogP contribution in [0.4, 0.5) is 4.39 Å². The number of ketones is 1. The normalized spacial score (nSPS) is 17.1. The number of aromatic nitrogens is 1. The third-order valence-electron chi connectivity index (χ3n) is 5.05. The molecule has 0 bridgehead atoms. The highest BCUT2D eigenvalue weighted by atomic mass is 19.1. The summed E-state index contributed by atoms with van der Waals surface area (Å²) in [4.78, 5) is 31.7. The Balaban J connectivity index is 1.52. The van der Waals surface area contributed by atoms with Gasteiger partial charge in [0, 0.05) is 36.2 Å². The minimum Gasteiger partial charge on any atom is -0.338 e. The number of benzene rings is 2. The van der Waals surface area contributed by atoms with Crippen molar-refractivity contribution < 1.29 is 14.0 Å². The predicted octanol–water partition coefficient (Wildman–Crippen LogP) is 4.11. The van der Waals surface area contributed by atoms with Crippen LogP contribution in [0.25, 0.3) is 10.9 Å². The van der Waals surface area contributed by atoms with E-state index < -0.39 is 0 Å². The number of Topliss-reactive ketones (excluding diaryl/α,β-unsaturated/α-hetero) is 1. The van der Waals surface area contributed by atoms with Crippen LogP contribution in [0, 0.1) is 11.7 Å². The Bertz CT molecular complexity index is 1000. The lowest BCUT2D eigenvalue weighted by atomic mass is 9.89. The number of halogens is 1. The molecule has 0 N–H and O–H groups in total. The molecule has 2 aromatic carbocycles. The second kappa shape index (κ2) is 7.27. The van der Waals surface area contributed by atoms with Crippen LogP contribution in [0.5, 0.6) is 0 Å². The Morgan fingerprint density at radius 3 is 2.63 bits per heavy atom. The molecule has 1 aromatic heterocycles. The zero-order valence-corrected chi connectivity index (χ0v) is 14.8. The average molecular weight is 362 g/mol. The van der Waals surface area contributed by atoms with Crippen LogP contribution < -0.4 is 0 Å². The smallest absolute Gasteiger partial charge is 0.255 e. The summed E-state index contributed by atoms with van der Waals surface area (Å²) in [7, 11) is 0. The van der Waals surface area contributed by atoms with Crippen LogP contribution in [0.2, 0.25) is 0 Å². The van der Waals surface area contributed by atoms with Gasteiger partial charge < -0.3 is 4.90 Å². The zero-order valence-electron chi connectivity index (χ0n) is 14.8. The number of hydrogen-bond donors (Lipinski definition) is 0. The van der Waals surface area contributed by atoms with Gasteiger partial charge in [0.15, 0.2) is 5.78 Å². The Morgan fingerprint density at radius 2 is 1.81 bits per heavy atom. The molecule has 5 heteroatoms. The summed E-state index contributed by atoms with van der Waals surface area (Å²) in [6, 6.07) is 15.1. The van der Waals surface area contributed by atoms with Crippen molar-refractivity contribution in [2.75, 3.05) is 13.1 Å². The van der Waals surface area contributed by atoms with Crippen LogP contribution in [-0.2, 0) is 0 Å². The van der Waals surface area contributed by atoms with Crippen molar-refractivity contribution in [3.05, 3.63) is 77.7 Å². The van der Waals surface area contributed by atoms with Gasteiger partial charge in [0.2, 0.25) is 0 Å². The first-order valence-electron chi connectivity index (χ1n) is 9.06. The van der Waals surface area contributed by atoms with Crippen LogP contribution >= 0.6 is 0 Å². The third kappa shape index (κ3) is 3.58. The van der Waals surface area contributed by atoms with Crippen molar-refractivity contribution in [2.24, 2.45) is 5.92 Å². The van der Waals surface area contributed by atoms with Gasteiger partial charge in [-0.15, -0.1) is 0 Å². The number of nitrogens with zero attached hydrogens (tertiary/aromatic N) is 2. The van der Waals surface area contributed by atoms with Crippen molar-refractivity contribution in [3.8, 4) is 0 Å². The standard InChI is InChI=1S/C22H19FN2O2/c23-19-9-7-15(8-10-19)21(26)17-5-3-11-25(14-17)22(27)18-12-16-4-1-2-6-20(16)24-13-18/h1-2,4,6-10,12-13,17H,3,5,11,14H2. The van der Waals surface area contributed by atoms with Gasteiger partial charge in [-0.2, -0.15) is 0 Å². The summed E-state index contributed by atoms with van der Waals surface area (Å²) in [6.45, 7) is 1.00. The summed E-state index contributed by atoms with van der Waals surface area (Å²) >= 11 is 0. The van der Waals surface area contributed by atoms with E-state index in [1.807, 2.05) is 30.3 Å². The highest BCUT2D eigenvalue weighted by Crippen LogP contribution is 2.23. The van der Waals surface area contributed by atoms with E-state index in [0.29, 0.717) is 24.2 Å². The zero-order chi connectivity index (χ0) is 18.8. The van der Waals surface area contributed by atoms with E-state index >= 15 is 0 Å². The summed E-state index contributed by atoms with van der Waals surface area (Å²) < 4.78 is 13.1. The van der Waals surface area contributed by atoms with E-state index in [9.17, 15) is 14.0 Å². The molecule has 1 saturated heterocycles. The molecule has 4 nitrogen and oxygen atoms in total. The Hall–Kier alpha value is -3.08. The van der Waals surface area contributed by atoms with Gasteiger partial charge >= 0.3 is 0 Å². The van der Waals surface area contributed by atoms with E-state index in [0.717, 1.165) is 23.7 Å². The van der Waals surface area contributed by atoms with Crippen molar-refractivity contribution in [3.63, 3.8) is 0 Å². The fourth-order valence-corrected chi connectivity index (χ4v) is 3.60. The van der Waals surface area contributed by atoms with Gasteiger partial charge in [-0.25, -0.2) is 4.39 Å². The Morgan fingerprint density at radius 1 is 1.04 bits per heavy atom. The molecule has 0 saturated carbocycles. The number of piperidine rings is 1. The summed E-state index contributed by atoms with van der Waals surface area (Å²) in [5.41, 5.74) is 1.86. The van der Waals surface area contributed by atoms with E-state index in [1.54, 1.807) is 11.1 Å². The first-order chi connectivity index (χ1) is 13.1. The lowest BCUT2D eigenvalue weighted by Gasteiger charge is -2.32. The molecule has 1 fully saturated rings. The fourth-order valence-electron chi connectivity index (χ4n) is 3.60. The maximum absolute atomic E-state index is 13.1. The number of hydrogen-bond acceptors (Lipinski definition) is 3. The van der Waals surface area contributed by atoms with Gasteiger partial charge in [0.25, 0.3) is 5.91 Å². The molecule has 1 atom stereocenters. The van der Waals surface area contributed by atoms with Crippen molar-refractivity contribution in [1.29, 1.82) is 0 Å². The lowest BCUT2D eigenvalue weighted by Crippen LogP contribution is -2.42. The number of rotatable bonds is 3. The largest absolute Gasteiger partial charge is 0.338 e. The lowest BCUT2D eigenvalue weighted by molar-refractivity contribution is 0.0637. The van der Waals surface area contributed by atoms with Crippen molar-refractivity contribution in [1.82, 2.24) is 9.88 Å². The molecule has 4 rings (SSSR count). The molecule has 0 spiro atoms. The maximum Gasteiger partial charge on any atom is 0.255 e. The van der Waals surface area contributed by atoms with Crippen molar-refractivity contribution in [2.45, 2.75) is 12.8 Å². The Labute approximate surface area is 156 Å². The quantitative estimate of drug-likeness (QED) is 0.659.